The Morgan fingerprint density at radius 1 is 0.673 bits per heavy atom. The summed E-state index contributed by atoms with van der Waals surface area (Å²) in [6, 6.07) is 20.8. The van der Waals surface area contributed by atoms with Crippen molar-refractivity contribution in [2.75, 3.05) is 11.4 Å². The van der Waals surface area contributed by atoms with Gasteiger partial charge in [-0.3, -0.25) is 0 Å². The van der Waals surface area contributed by atoms with Crippen LogP contribution in [0, 0.1) is 41.5 Å². The summed E-state index contributed by atoms with van der Waals surface area (Å²) in [5, 5.41) is 4.13. The van der Waals surface area contributed by atoms with Crippen molar-refractivity contribution in [2.45, 2.75) is 154 Å². The van der Waals surface area contributed by atoms with Gasteiger partial charge in [0.2, 0.25) is 0 Å². The van der Waals surface area contributed by atoms with Gasteiger partial charge in [-0.05, 0) is 0 Å². The van der Waals surface area contributed by atoms with Crippen LogP contribution in [-0.4, -0.2) is 28.1 Å². The van der Waals surface area contributed by atoms with Crippen molar-refractivity contribution in [1.82, 2.24) is 5.32 Å². The minimum absolute atomic E-state index is 0.255. The molecule has 2 unspecified atom stereocenters. The summed E-state index contributed by atoms with van der Waals surface area (Å²) in [7, 11) is 16.7. The Morgan fingerprint density at radius 2 is 1.19 bits per heavy atom. The van der Waals surface area contributed by atoms with Gasteiger partial charge in [0, 0.05) is 0 Å². The second kappa shape index (κ2) is 16.3. The van der Waals surface area contributed by atoms with Gasteiger partial charge in [0.1, 0.15) is 0 Å². The summed E-state index contributed by atoms with van der Waals surface area (Å²) in [6.07, 6.45) is 18.5. The number of rotatable bonds is 7. The van der Waals surface area contributed by atoms with Crippen LogP contribution in [0.2, 0.25) is 0 Å². The molecule has 0 radical (unpaired) electrons. The monoisotopic (exact) mass is 847 g/mol. The first kappa shape index (κ1) is 38.8. The van der Waals surface area contributed by atoms with Crippen LogP contribution in [0.3, 0.4) is 0 Å². The van der Waals surface area contributed by atoms with Crippen molar-refractivity contribution < 1.29 is 11.9 Å². The number of hydrogen-bond donors (Lipinski definition) is 1. The summed E-state index contributed by atoms with van der Waals surface area (Å²) in [6.45, 7) is 14.7. The van der Waals surface area contributed by atoms with Gasteiger partial charge in [-0.25, -0.2) is 0 Å². The fourth-order valence-electron chi connectivity index (χ4n) is 11.6. The molecule has 1 aliphatic heterocycles. The number of nitrogens with zero attached hydrogens (tertiary/aromatic N) is 1. The molecule has 3 aromatic carbocycles. The number of hydrogen-bond acceptors (Lipinski definition) is 2. The molecule has 4 aliphatic rings. The third-order valence-corrected chi connectivity index (χ3v) is 42.8. The summed E-state index contributed by atoms with van der Waals surface area (Å²) in [4.78, 5) is 2.77. The Balaban J connectivity index is 1.40. The standard InChI is InChI=1S/C39H57N2P.C7H6.2ClH.Ru/c1-26-20-28(3)37(29(4)21-26)36-25-40-39(41(36)38-30(5)22-27(2)23-31(38)6)32-14-13-19-35(24-32)42(33-15-9-7-10-16-33)34-17-11-8-12-18-34;1-7-5-3-2-4-6-7;;;/h20-23,33-36,40H,7-19,24-25H2,1-6H3;1-6H;2*1H;/q;;;;+1/p-1. The third kappa shape index (κ3) is 7.41. The normalized spacial score (nSPS) is 24.5. The average molecular weight is 848 g/mol. The number of nitrogens with one attached hydrogen (secondary N) is 1. The van der Waals surface area contributed by atoms with Crippen molar-refractivity contribution in [3.8, 4) is 0 Å². The quantitative estimate of drug-likeness (QED) is 0.188. The van der Waals surface area contributed by atoms with Gasteiger partial charge >= 0.3 is 329 Å². The average Bonchev–Trinajstić information content (AvgIpc) is 3.53. The molecule has 285 valence electrons. The maximum atomic E-state index is 8.33. The number of anilines is 1. The van der Waals surface area contributed by atoms with Crippen LogP contribution in [0.1, 0.15) is 140 Å². The van der Waals surface area contributed by atoms with Gasteiger partial charge in [0.05, 0.1) is 0 Å². The van der Waals surface area contributed by atoms with Crippen molar-refractivity contribution in [3.05, 3.63) is 110 Å². The van der Waals surface area contributed by atoms with E-state index in [-0.39, 0.29) is 6.04 Å². The van der Waals surface area contributed by atoms with Crippen LogP contribution in [0.5, 0.6) is 0 Å². The van der Waals surface area contributed by atoms with E-state index in [9.17, 15) is 0 Å². The maximum absolute atomic E-state index is 8.33. The second-order valence-corrected chi connectivity index (χ2v) is 40.0. The van der Waals surface area contributed by atoms with Crippen molar-refractivity contribution in [3.63, 3.8) is 0 Å². The van der Waals surface area contributed by atoms with Gasteiger partial charge in [-0.15, -0.1) is 0 Å². The van der Waals surface area contributed by atoms with Gasteiger partial charge in [-0.1, -0.05) is 0 Å². The fourth-order valence-corrected chi connectivity index (χ4v) is 47.3. The molecule has 3 aliphatic carbocycles. The first-order valence-corrected chi connectivity index (χ1v) is 30.6. The molecule has 0 amide bonds. The van der Waals surface area contributed by atoms with Crippen molar-refractivity contribution in [2.24, 2.45) is 0 Å². The number of allylic oxidation sites excluding steroid dienone is 1. The van der Waals surface area contributed by atoms with Crippen LogP contribution >= 0.6 is 25.0 Å². The predicted octanol–water partition coefficient (Wildman–Crippen LogP) is 13.5. The van der Waals surface area contributed by atoms with Gasteiger partial charge in [-0.2, -0.15) is 0 Å². The van der Waals surface area contributed by atoms with Crippen molar-refractivity contribution in [1.29, 1.82) is 0 Å². The van der Waals surface area contributed by atoms with Gasteiger partial charge in [0.15, 0.2) is 0 Å². The zero-order valence-electron chi connectivity index (χ0n) is 32.7. The Bertz CT molecular complexity index is 1770. The topological polar surface area (TPSA) is 15.3 Å². The van der Waals surface area contributed by atoms with Crippen LogP contribution in [-0.2, 0) is 11.9 Å². The molecule has 1 N–H and O–H groups in total. The van der Waals surface area contributed by atoms with E-state index in [0.717, 1.165) is 17.9 Å². The van der Waals surface area contributed by atoms with Crippen LogP contribution < -0.4 is 10.2 Å². The molecule has 52 heavy (non-hydrogen) atoms. The molecule has 6 heteroatoms. The zero-order chi connectivity index (χ0) is 36.6. The minimum atomic E-state index is -3.30. The molecule has 2 nitrogen and oxygen atoms in total. The Labute approximate surface area is 326 Å². The van der Waals surface area contributed by atoms with E-state index >= 15 is 0 Å². The molecule has 0 bridgehead atoms. The molecule has 3 saturated carbocycles. The predicted molar refractivity (Wildman–Crippen MR) is 229 cm³/mol. The van der Waals surface area contributed by atoms with E-state index in [4.69, 9.17) is 19.4 Å². The number of aryl methyl sites for hydroxylation is 6. The van der Waals surface area contributed by atoms with Crippen LogP contribution in [0.4, 0.5) is 5.69 Å². The SMILES string of the molecule is Cc1cc(C)c(C2CNC(=C3CCCC([PH](C4CCCCC4)(C4CCCCC4)[Ru]([Cl])([Cl])=[CH]c4ccccc4)C3)N2c2c(C)cc(C)cc2C)c(C)c1. The Kier molecular flexibility index (Phi) is 12.2. The zero-order valence-corrected chi connectivity index (χ0v) is 37.0. The van der Waals surface area contributed by atoms with E-state index in [0.29, 0.717) is 5.66 Å². The molecule has 7 rings (SSSR count). The van der Waals surface area contributed by atoms with E-state index in [2.05, 4.69) is 111 Å². The first-order valence-electron chi connectivity index (χ1n) is 20.4. The van der Waals surface area contributed by atoms with E-state index in [1.54, 1.807) is 5.57 Å². The molecule has 0 spiro atoms. The molecule has 2 atom stereocenters. The summed E-state index contributed by atoms with van der Waals surface area (Å²) >= 11 is -3.30. The van der Waals surface area contributed by atoms with Crippen LogP contribution in [0.15, 0.2) is 66.0 Å². The summed E-state index contributed by atoms with van der Waals surface area (Å²) in [5.74, 6) is 1.39. The molecular formula is C46H64Cl2N2PRu. The van der Waals surface area contributed by atoms with Gasteiger partial charge < -0.3 is 0 Å². The Morgan fingerprint density at radius 3 is 1.75 bits per heavy atom. The first-order chi connectivity index (χ1) is 25.0. The molecule has 3 aromatic rings. The van der Waals surface area contributed by atoms with E-state index in [1.807, 2.05) is 0 Å². The van der Waals surface area contributed by atoms with Crippen LogP contribution in [0.25, 0.3) is 0 Å². The summed E-state index contributed by atoms with van der Waals surface area (Å²) < 4.78 is 2.51. The third-order valence-electron chi connectivity index (χ3n) is 13.3. The molecule has 4 fully saturated rings. The fraction of sp³-hybridized carbons (Fsp3) is 0.543. The number of benzene rings is 3. The van der Waals surface area contributed by atoms with Gasteiger partial charge in [0.25, 0.3) is 0 Å². The molecule has 1 saturated heterocycles. The van der Waals surface area contributed by atoms with E-state index in [1.165, 1.54) is 146 Å². The van der Waals surface area contributed by atoms with Crippen molar-refractivity contribution >= 4 is 35.3 Å². The number of halogens is 2. The molecule has 1 heterocycles. The molecular weight excluding hydrogens is 783 g/mol. The summed E-state index contributed by atoms with van der Waals surface area (Å²) in [5.41, 5.74) is 13.9. The Hall–Kier alpha value is -1.50. The van der Waals surface area contributed by atoms with E-state index < -0.39 is 17.5 Å². The second-order valence-electron chi connectivity index (χ2n) is 17.0. The molecule has 0 aromatic heterocycles.